The van der Waals surface area contributed by atoms with Crippen molar-refractivity contribution in [2.45, 2.75) is 45.7 Å². The number of hydrogen-bond donors (Lipinski definition) is 2. The molecule has 1 aromatic rings. The second-order valence-electron chi connectivity index (χ2n) is 5.92. The summed E-state index contributed by atoms with van der Waals surface area (Å²) in [6, 6.07) is 0.489. The molecule has 0 amide bonds. The molecule has 2 rings (SSSR count). The Bertz CT molecular complexity index is 519. The van der Waals surface area contributed by atoms with E-state index in [1.807, 2.05) is 37.2 Å². The van der Waals surface area contributed by atoms with E-state index < -0.39 is 0 Å². The van der Waals surface area contributed by atoms with Crippen molar-refractivity contribution in [3.63, 3.8) is 0 Å². The van der Waals surface area contributed by atoms with Gasteiger partial charge in [0.25, 0.3) is 0 Å². The van der Waals surface area contributed by atoms with Crippen LogP contribution in [0.5, 0.6) is 0 Å². The molecule has 1 unspecified atom stereocenters. The number of hydrogen-bond acceptors (Lipinski definition) is 5. The molecule has 25 heavy (non-hydrogen) atoms. The molecule has 2 heterocycles. The molecule has 0 radical (unpaired) electrons. The van der Waals surface area contributed by atoms with E-state index in [0.29, 0.717) is 12.6 Å². The molecular weight excluding hydrogens is 451 g/mol. The summed E-state index contributed by atoms with van der Waals surface area (Å²) in [5.41, 5.74) is 0. The molecule has 0 spiro atoms. The molecule has 0 aromatic carbocycles. The van der Waals surface area contributed by atoms with Gasteiger partial charge in [0, 0.05) is 38.6 Å². The predicted molar refractivity (Wildman–Crippen MR) is 115 cm³/mol. The van der Waals surface area contributed by atoms with Gasteiger partial charge in [-0.1, -0.05) is 0 Å². The van der Waals surface area contributed by atoms with Crippen LogP contribution in [0.25, 0.3) is 0 Å². The molecule has 144 valence electrons. The van der Waals surface area contributed by atoms with E-state index >= 15 is 0 Å². The zero-order valence-corrected chi connectivity index (χ0v) is 18.6. The van der Waals surface area contributed by atoms with Crippen molar-refractivity contribution in [2.24, 2.45) is 12.0 Å². The summed E-state index contributed by atoms with van der Waals surface area (Å²) in [5.74, 6) is 5.05. The molecule has 1 aliphatic rings. The van der Waals surface area contributed by atoms with Crippen LogP contribution < -0.4 is 10.6 Å². The van der Waals surface area contributed by atoms with Crippen molar-refractivity contribution in [1.82, 2.24) is 25.4 Å². The second kappa shape index (κ2) is 12.7. The van der Waals surface area contributed by atoms with Crippen molar-refractivity contribution in [3.8, 4) is 0 Å². The Labute approximate surface area is 172 Å². The van der Waals surface area contributed by atoms with Gasteiger partial charge in [0.05, 0.1) is 0 Å². The fourth-order valence-electron chi connectivity index (χ4n) is 2.46. The minimum atomic E-state index is 0. The summed E-state index contributed by atoms with van der Waals surface area (Å²) in [5, 5.41) is 15.2. The molecule has 1 aliphatic heterocycles. The molecular formula is C16H31IN6OS. The Morgan fingerprint density at radius 1 is 1.44 bits per heavy atom. The number of nitrogens with zero attached hydrogens (tertiary/aromatic N) is 4. The lowest BCUT2D eigenvalue weighted by Gasteiger charge is -2.24. The monoisotopic (exact) mass is 482 g/mol. The molecule has 1 fully saturated rings. The average molecular weight is 482 g/mol. The molecule has 0 saturated carbocycles. The van der Waals surface area contributed by atoms with Gasteiger partial charge in [-0.15, -0.1) is 34.2 Å². The summed E-state index contributed by atoms with van der Waals surface area (Å²) in [4.78, 5) is 4.70. The summed E-state index contributed by atoms with van der Waals surface area (Å²) >= 11 is 2.01. The van der Waals surface area contributed by atoms with Crippen LogP contribution in [0.4, 0.5) is 0 Å². The van der Waals surface area contributed by atoms with Crippen molar-refractivity contribution in [3.05, 3.63) is 11.6 Å². The number of aryl methyl sites for hydroxylation is 1. The Kier molecular flexibility index (Phi) is 11.5. The van der Waals surface area contributed by atoms with Gasteiger partial charge in [0.15, 0.2) is 11.8 Å². The van der Waals surface area contributed by atoms with Crippen molar-refractivity contribution in [2.75, 3.05) is 31.3 Å². The van der Waals surface area contributed by atoms with Gasteiger partial charge in [-0.05, 0) is 38.9 Å². The van der Waals surface area contributed by atoms with Gasteiger partial charge >= 0.3 is 0 Å². The van der Waals surface area contributed by atoms with E-state index in [1.165, 1.54) is 18.6 Å². The van der Waals surface area contributed by atoms with Crippen LogP contribution in [0.15, 0.2) is 4.99 Å². The lowest BCUT2D eigenvalue weighted by Crippen LogP contribution is -2.46. The van der Waals surface area contributed by atoms with E-state index in [0.717, 1.165) is 49.5 Å². The first-order valence-corrected chi connectivity index (χ1v) is 9.91. The lowest BCUT2D eigenvalue weighted by atomic mass is 10.2. The number of guanidine groups is 1. The van der Waals surface area contributed by atoms with Gasteiger partial charge in [0.1, 0.15) is 12.4 Å². The first kappa shape index (κ1) is 22.5. The highest BCUT2D eigenvalue weighted by Crippen LogP contribution is 2.16. The Morgan fingerprint density at radius 3 is 2.92 bits per heavy atom. The van der Waals surface area contributed by atoms with Crippen molar-refractivity contribution in [1.29, 1.82) is 0 Å². The summed E-state index contributed by atoms with van der Waals surface area (Å²) in [6.45, 7) is 6.89. The van der Waals surface area contributed by atoms with Crippen LogP contribution in [0.2, 0.25) is 0 Å². The van der Waals surface area contributed by atoms with E-state index in [2.05, 4.69) is 20.8 Å². The average Bonchev–Trinajstić information content (AvgIpc) is 2.92. The second-order valence-corrected chi connectivity index (χ2v) is 7.07. The van der Waals surface area contributed by atoms with Crippen molar-refractivity contribution >= 4 is 41.7 Å². The summed E-state index contributed by atoms with van der Waals surface area (Å²) in [7, 11) is 1.97. The highest BCUT2D eigenvalue weighted by Gasteiger charge is 2.15. The number of nitrogens with one attached hydrogen (secondary N) is 2. The van der Waals surface area contributed by atoms with Crippen molar-refractivity contribution < 1.29 is 4.74 Å². The maximum atomic E-state index is 5.39. The molecule has 1 saturated heterocycles. The molecule has 9 heteroatoms. The third kappa shape index (κ3) is 8.12. The van der Waals surface area contributed by atoms with Gasteiger partial charge in [-0.25, -0.2) is 4.99 Å². The molecule has 1 atom stereocenters. The van der Waals surface area contributed by atoms with Crippen LogP contribution in [-0.2, 0) is 18.3 Å². The Morgan fingerprint density at radius 2 is 2.28 bits per heavy atom. The smallest absolute Gasteiger partial charge is 0.191 e. The largest absolute Gasteiger partial charge is 0.382 e. The number of rotatable bonds is 8. The van der Waals surface area contributed by atoms with Crippen LogP contribution in [0.3, 0.4) is 0 Å². The molecule has 2 N–H and O–H groups in total. The Balaban J connectivity index is 0.00000312. The quantitative estimate of drug-likeness (QED) is 0.256. The fraction of sp³-hybridized carbons (Fsp3) is 0.812. The topological polar surface area (TPSA) is 76.4 Å². The van der Waals surface area contributed by atoms with E-state index in [-0.39, 0.29) is 24.0 Å². The van der Waals surface area contributed by atoms with E-state index in [1.54, 1.807) is 0 Å². The van der Waals surface area contributed by atoms with Gasteiger partial charge < -0.3 is 19.9 Å². The molecule has 0 bridgehead atoms. The number of thioether (sulfide) groups is 1. The third-order valence-corrected chi connectivity index (χ3v) is 5.24. The third-order valence-electron chi connectivity index (χ3n) is 4.02. The van der Waals surface area contributed by atoms with Gasteiger partial charge in [0.2, 0.25) is 0 Å². The minimum absolute atomic E-state index is 0. The van der Waals surface area contributed by atoms with Crippen LogP contribution in [-0.4, -0.2) is 58.0 Å². The molecule has 0 aliphatic carbocycles. The minimum Gasteiger partial charge on any atom is -0.382 e. The standard InChI is InChI=1S/C16H30N6OS.HI/c1-4-23-9-6-8-17-16(19-14-7-5-10-24-12-14)18-11-15-21-20-13(2)22(15)3;/h14H,4-12H2,1-3H3,(H2,17,18,19);1H. The fourth-order valence-corrected chi connectivity index (χ4v) is 3.54. The highest BCUT2D eigenvalue weighted by molar-refractivity contribution is 14.0. The highest BCUT2D eigenvalue weighted by atomic mass is 127. The number of aromatic nitrogens is 3. The summed E-state index contributed by atoms with van der Waals surface area (Å²) in [6.07, 6.45) is 3.44. The Hall–Kier alpha value is -0.550. The van der Waals surface area contributed by atoms with E-state index in [9.17, 15) is 0 Å². The van der Waals surface area contributed by atoms with Gasteiger partial charge in [-0.3, -0.25) is 0 Å². The summed E-state index contributed by atoms with van der Waals surface area (Å²) < 4.78 is 7.37. The number of halogens is 1. The zero-order valence-electron chi connectivity index (χ0n) is 15.5. The van der Waals surface area contributed by atoms with Crippen LogP contribution >= 0.6 is 35.7 Å². The maximum absolute atomic E-state index is 5.39. The van der Waals surface area contributed by atoms with Crippen LogP contribution in [0, 0.1) is 6.92 Å². The normalized spacial score (nSPS) is 17.9. The van der Waals surface area contributed by atoms with Crippen LogP contribution in [0.1, 0.15) is 37.8 Å². The van der Waals surface area contributed by atoms with E-state index in [4.69, 9.17) is 9.73 Å². The molecule has 1 aromatic heterocycles. The number of aliphatic imine (C=N–C) groups is 1. The predicted octanol–water partition coefficient (Wildman–Crippen LogP) is 2.10. The first-order valence-electron chi connectivity index (χ1n) is 8.76. The SMILES string of the molecule is CCOCCCNC(=NCc1nnc(C)n1C)NC1CCCSC1.I. The maximum Gasteiger partial charge on any atom is 0.191 e. The molecule has 7 nitrogen and oxygen atoms in total. The number of ether oxygens (including phenoxy) is 1. The first-order chi connectivity index (χ1) is 11.7. The van der Waals surface area contributed by atoms with Gasteiger partial charge in [-0.2, -0.15) is 11.8 Å². The zero-order chi connectivity index (χ0) is 17.2. The lowest BCUT2D eigenvalue weighted by molar-refractivity contribution is 0.145.